The number of rotatable bonds is 4. The lowest BCUT2D eigenvalue weighted by molar-refractivity contribution is 0.181. The molecular formula is C19H22O2. The first-order valence-corrected chi connectivity index (χ1v) is 6.90. The van der Waals surface area contributed by atoms with E-state index in [0.717, 1.165) is 11.1 Å². The fourth-order valence-electron chi connectivity index (χ4n) is 1.45. The molecule has 1 N–H and O–H groups in total. The molecule has 0 saturated heterocycles. The van der Waals surface area contributed by atoms with Crippen molar-refractivity contribution < 1.29 is 9.84 Å². The molecule has 0 aliphatic heterocycles. The summed E-state index contributed by atoms with van der Waals surface area (Å²) in [4.78, 5) is 0. The number of hydrogen-bond acceptors (Lipinski definition) is 2. The SMILES string of the molecule is C=Cc1ccc(O)cc1.CC(C)OC=Cc1ccccc1. The maximum atomic E-state index is 8.82. The van der Waals surface area contributed by atoms with Gasteiger partial charge in [0.25, 0.3) is 0 Å². The number of phenols is 1. The molecule has 2 aromatic carbocycles. The van der Waals surface area contributed by atoms with Gasteiger partial charge < -0.3 is 9.84 Å². The summed E-state index contributed by atoms with van der Waals surface area (Å²) in [5.74, 6) is 0.292. The molecule has 0 atom stereocenters. The number of phenolic OH excluding ortho intramolecular Hbond substituents is 1. The number of hydrogen-bond donors (Lipinski definition) is 1. The molecule has 21 heavy (non-hydrogen) atoms. The molecular weight excluding hydrogens is 260 g/mol. The van der Waals surface area contributed by atoms with Gasteiger partial charge in [-0.1, -0.05) is 55.1 Å². The minimum Gasteiger partial charge on any atom is -0.508 e. The van der Waals surface area contributed by atoms with Crippen LogP contribution < -0.4 is 0 Å². The fraction of sp³-hybridized carbons (Fsp3) is 0.158. The van der Waals surface area contributed by atoms with Crippen molar-refractivity contribution in [2.75, 3.05) is 0 Å². The maximum absolute atomic E-state index is 8.82. The first-order valence-electron chi connectivity index (χ1n) is 6.90. The summed E-state index contributed by atoms with van der Waals surface area (Å²) >= 11 is 0. The molecule has 0 aromatic heterocycles. The topological polar surface area (TPSA) is 29.5 Å². The van der Waals surface area contributed by atoms with E-state index in [9.17, 15) is 0 Å². The van der Waals surface area contributed by atoms with Crippen molar-refractivity contribution in [1.29, 1.82) is 0 Å². The summed E-state index contributed by atoms with van der Waals surface area (Å²) in [5.41, 5.74) is 2.19. The summed E-state index contributed by atoms with van der Waals surface area (Å²) in [7, 11) is 0. The predicted octanol–water partition coefficient (Wildman–Crippen LogP) is 5.12. The highest BCUT2D eigenvalue weighted by atomic mass is 16.5. The van der Waals surface area contributed by atoms with E-state index in [4.69, 9.17) is 9.84 Å². The van der Waals surface area contributed by atoms with Gasteiger partial charge in [0.1, 0.15) is 5.75 Å². The maximum Gasteiger partial charge on any atom is 0.115 e. The monoisotopic (exact) mass is 282 g/mol. The van der Waals surface area contributed by atoms with Crippen molar-refractivity contribution in [3.63, 3.8) is 0 Å². The molecule has 0 heterocycles. The smallest absolute Gasteiger partial charge is 0.115 e. The van der Waals surface area contributed by atoms with Gasteiger partial charge in [-0.05, 0) is 43.2 Å². The van der Waals surface area contributed by atoms with Gasteiger partial charge >= 0.3 is 0 Å². The van der Waals surface area contributed by atoms with Crippen LogP contribution in [-0.2, 0) is 4.74 Å². The van der Waals surface area contributed by atoms with Crippen LogP contribution in [0.1, 0.15) is 25.0 Å². The molecule has 0 saturated carbocycles. The molecule has 2 rings (SSSR count). The van der Waals surface area contributed by atoms with Crippen molar-refractivity contribution >= 4 is 12.2 Å². The minimum atomic E-state index is 0.255. The van der Waals surface area contributed by atoms with Crippen molar-refractivity contribution in [2.24, 2.45) is 0 Å². The van der Waals surface area contributed by atoms with Crippen LogP contribution in [0.3, 0.4) is 0 Å². The molecule has 0 unspecified atom stereocenters. The van der Waals surface area contributed by atoms with Crippen molar-refractivity contribution in [3.05, 3.63) is 78.6 Å². The van der Waals surface area contributed by atoms with E-state index in [0.29, 0.717) is 5.75 Å². The highest BCUT2D eigenvalue weighted by molar-refractivity contribution is 5.48. The van der Waals surface area contributed by atoms with Crippen molar-refractivity contribution in [3.8, 4) is 5.75 Å². The Labute approximate surface area is 127 Å². The zero-order valence-electron chi connectivity index (χ0n) is 12.6. The first-order chi connectivity index (χ1) is 10.1. The Morgan fingerprint density at radius 3 is 2.10 bits per heavy atom. The van der Waals surface area contributed by atoms with Crippen LogP contribution in [0.4, 0.5) is 0 Å². The molecule has 0 radical (unpaired) electrons. The second kappa shape index (κ2) is 9.43. The fourth-order valence-corrected chi connectivity index (χ4v) is 1.45. The second-order valence-electron chi connectivity index (χ2n) is 4.69. The van der Waals surface area contributed by atoms with Gasteiger partial charge in [-0.2, -0.15) is 0 Å². The molecule has 0 bridgehead atoms. The van der Waals surface area contributed by atoms with Crippen LogP contribution in [0.2, 0.25) is 0 Å². The summed E-state index contributed by atoms with van der Waals surface area (Å²) < 4.78 is 5.27. The molecule has 0 aliphatic rings. The van der Waals surface area contributed by atoms with Crippen molar-refractivity contribution in [2.45, 2.75) is 20.0 Å². The zero-order chi connectivity index (χ0) is 15.5. The molecule has 0 spiro atoms. The Bertz CT molecular complexity index is 540. The molecule has 0 fully saturated rings. The summed E-state index contributed by atoms with van der Waals surface area (Å²) in [6.45, 7) is 7.60. The Morgan fingerprint density at radius 2 is 1.57 bits per heavy atom. The van der Waals surface area contributed by atoms with E-state index in [2.05, 4.69) is 6.58 Å². The normalized spacial score (nSPS) is 10.0. The van der Waals surface area contributed by atoms with Gasteiger partial charge in [-0.15, -0.1) is 0 Å². The summed E-state index contributed by atoms with van der Waals surface area (Å²) in [6.07, 6.45) is 5.68. The highest BCUT2D eigenvalue weighted by Gasteiger charge is 1.86. The Hall–Kier alpha value is -2.48. The van der Waals surface area contributed by atoms with Crippen LogP contribution in [0.15, 0.2) is 67.4 Å². The van der Waals surface area contributed by atoms with E-state index in [-0.39, 0.29) is 6.10 Å². The third-order valence-electron chi connectivity index (χ3n) is 2.54. The standard InChI is InChI=1S/C11H14O.C8H8O/c1-10(2)12-9-8-11-6-4-3-5-7-11;1-2-7-3-5-8(9)6-4-7/h3-10H,1-2H3;2-6,9H,1H2. The predicted molar refractivity (Wildman–Crippen MR) is 89.9 cm³/mol. The highest BCUT2D eigenvalue weighted by Crippen LogP contribution is 2.09. The number of aromatic hydroxyl groups is 1. The third kappa shape index (κ3) is 7.63. The number of benzene rings is 2. The Balaban J connectivity index is 0.000000219. The summed E-state index contributed by atoms with van der Waals surface area (Å²) in [6, 6.07) is 17.0. The van der Waals surface area contributed by atoms with E-state index in [1.807, 2.05) is 62.4 Å². The van der Waals surface area contributed by atoms with Gasteiger partial charge in [0.2, 0.25) is 0 Å². The van der Waals surface area contributed by atoms with Gasteiger partial charge in [0.15, 0.2) is 0 Å². The van der Waals surface area contributed by atoms with Crippen LogP contribution in [0, 0.1) is 0 Å². The molecule has 2 aromatic rings. The lowest BCUT2D eigenvalue weighted by Gasteiger charge is -2.02. The van der Waals surface area contributed by atoms with Gasteiger partial charge in [0, 0.05) is 0 Å². The summed E-state index contributed by atoms with van der Waals surface area (Å²) in [5, 5.41) is 8.82. The second-order valence-corrected chi connectivity index (χ2v) is 4.69. The van der Waals surface area contributed by atoms with Crippen LogP contribution in [-0.4, -0.2) is 11.2 Å². The van der Waals surface area contributed by atoms with Gasteiger partial charge in [-0.25, -0.2) is 0 Å². The molecule has 110 valence electrons. The van der Waals surface area contributed by atoms with E-state index < -0.39 is 0 Å². The average Bonchev–Trinajstić information content (AvgIpc) is 2.49. The van der Waals surface area contributed by atoms with Gasteiger partial charge in [0.05, 0.1) is 12.4 Å². The van der Waals surface area contributed by atoms with Crippen LogP contribution in [0.25, 0.3) is 12.2 Å². The molecule has 2 heteroatoms. The van der Waals surface area contributed by atoms with E-state index in [1.54, 1.807) is 24.5 Å². The van der Waals surface area contributed by atoms with Gasteiger partial charge in [-0.3, -0.25) is 0 Å². The Kier molecular flexibility index (Phi) is 7.44. The largest absolute Gasteiger partial charge is 0.508 e. The van der Waals surface area contributed by atoms with Crippen LogP contribution in [0.5, 0.6) is 5.75 Å². The quantitative estimate of drug-likeness (QED) is 0.789. The zero-order valence-corrected chi connectivity index (χ0v) is 12.6. The average molecular weight is 282 g/mol. The lowest BCUT2D eigenvalue weighted by atomic mass is 10.2. The first kappa shape index (κ1) is 16.6. The lowest BCUT2D eigenvalue weighted by Crippen LogP contribution is -1.94. The third-order valence-corrected chi connectivity index (χ3v) is 2.54. The van der Waals surface area contributed by atoms with E-state index >= 15 is 0 Å². The molecule has 2 nitrogen and oxygen atoms in total. The molecule has 0 aliphatic carbocycles. The van der Waals surface area contributed by atoms with E-state index in [1.165, 1.54) is 0 Å². The molecule has 0 amide bonds. The van der Waals surface area contributed by atoms with Crippen molar-refractivity contribution in [1.82, 2.24) is 0 Å². The van der Waals surface area contributed by atoms with Crippen LogP contribution >= 0.6 is 0 Å². The minimum absolute atomic E-state index is 0.255. The Morgan fingerprint density at radius 1 is 0.952 bits per heavy atom. The number of ether oxygens (including phenoxy) is 1.